The number of carbonyl (C=O) groups is 2. The van der Waals surface area contributed by atoms with Gasteiger partial charge in [0, 0.05) is 31.6 Å². The van der Waals surface area contributed by atoms with Gasteiger partial charge in [-0.15, -0.1) is 0 Å². The molecule has 2 aromatic rings. The molecule has 8 nitrogen and oxygen atoms in total. The lowest BCUT2D eigenvalue weighted by Gasteiger charge is -2.38. The maximum absolute atomic E-state index is 13.2. The van der Waals surface area contributed by atoms with E-state index in [9.17, 15) is 9.59 Å². The molecule has 35 heavy (non-hydrogen) atoms. The molecule has 1 heterocycles. The fourth-order valence-electron chi connectivity index (χ4n) is 4.52. The molecule has 3 rings (SSSR count). The van der Waals surface area contributed by atoms with E-state index in [1.165, 1.54) is 0 Å². The van der Waals surface area contributed by atoms with Crippen LogP contribution in [0.2, 0.25) is 0 Å². The van der Waals surface area contributed by atoms with Crippen LogP contribution in [0.25, 0.3) is 0 Å². The Kier molecular flexibility index (Phi) is 9.23. The number of nitrogens with one attached hydrogen (secondary N) is 2. The lowest BCUT2D eigenvalue weighted by atomic mass is 9.84. The van der Waals surface area contributed by atoms with Gasteiger partial charge >= 0.3 is 6.03 Å². The van der Waals surface area contributed by atoms with E-state index in [4.69, 9.17) is 14.2 Å². The van der Waals surface area contributed by atoms with Gasteiger partial charge in [-0.2, -0.15) is 0 Å². The van der Waals surface area contributed by atoms with Gasteiger partial charge in [-0.1, -0.05) is 24.3 Å². The van der Waals surface area contributed by atoms with Gasteiger partial charge in [0.05, 0.1) is 27.2 Å². The summed E-state index contributed by atoms with van der Waals surface area (Å²) in [5.41, 5.74) is 2.05. The minimum Gasteiger partial charge on any atom is -0.496 e. The molecule has 2 N–H and O–H groups in total. The highest BCUT2D eigenvalue weighted by Crippen LogP contribution is 2.36. The molecule has 0 aliphatic carbocycles. The standard InChI is InChI=1S/C27H37N3O5/c1-18(2)29-27(32)30-16-21(20-10-11-24(34-4)25(15-20)35-5)14-22(17-30)26(31)28-13-12-19-8-6-7-9-23(19)33-3/h6-11,15,18,21-22H,12-14,16-17H2,1-5H3,(H,28,31)(H,29,32)/t21-,22+/m0/s1. The van der Waals surface area contributed by atoms with E-state index in [1.807, 2.05) is 56.3 Å². The van der Waals surface area contributed by atoms with Gasteiger partial charge in [-0.3, -0.25) is 4.79 Å². The number of ether oxygens (including phenoxy) is 3. The van der Waals surface area contributed by atoms with E-state index in [1.54, 1.807) is 26.2 Å². The highest BCUT2D eigenvalue weighted by Gasteiger charge is 2.35. The Morgan fingerprint density at radius 1 is 0.971 bits per heavy atom. The Hall–Kier alpha value is -3.42. The first-order chi connectivity index (χ1) is 16.9. The Morgan fingerprint density at radius 3 is 2.37 bits per heavy atom. The molecule has 190 valence electrons. The topological polar surface area (TPSA) is 89.1 Å². The summed E-state index contributed by atoms with van der Waals surface area (Å²) in [7, 11) is 4.84. The second-order valence-corrected chi connectivity index (χ2v) is 9.11. The second kappa shape index (κ2) is 12.3. The molecule has 0 unspecified atom stereocenters. The lowest BCUT2D eigenvalue weighted by Crippen LogP contribution is -2.52. The number of carbonyl (C=O) groups excluding carboxylic acids is 2. The fourth-order valence-corrected chi connectivity index (χ4v) is 4.52. The maximum atomic E-state index is 13.2. The molecule has 0 radical (unpaired) electrons. The number of amides is 3. The first kappa shape index (κ1) is 26.2. The first-order valence-electron chi connectivity index (χ1n) is 12.0. The second-order valence-electron chi connectivity index (χ2n) is 9.11. The van der Waals surface area contributed by atoms with E-state index >= 15 is 0 Å². The van der Waals surface area contributed by atoms with Gasteiger partial charge in [-0.05, 0) is 56.0 Å². The van der Waals surface area contributed by atoms with Crippen LogP contribution in [0.15, 0.2) is 42.5 Å². The van der Waals surface area contributed by atoms with E-state index in [0.29, 0.717) is 44.0 Å². The normalized spacial score (nSPS) is 17.6. The molecule has 1 saturated heterocycles. The third-order valence-corrected chi connectivity index (χ3v) is 6.29. The number of rotatable bonds is 9. The van der Waals surface area contributed by atoms with E-state index in [-0.39, 0.29) is 29.8 Å². The summed E-state index contributed by atoms with van der Waals surface area (Å²) in [5, 5.41) is 6.03. The van der Waals surface area contributed by atoms with Crippen molar-refractivity contribution in [2.24, 2.45) is 5.92 Å². The molecule has 2 atom stereocenters. The predicted octanol–water partition coefficient (Wildman–Crippen LogP) is 3.59. The van der Waals surface area contributed by atoms with E-state index in [0.717, 1.165) is 16.9 Å². The number of hydrogen-bond donors (Lipinski definition) is 2. The van der Waals surface area contributed by atoms with Gasteiger partial charge < -0.3 is 29.7 Å². The van der Waals surface area contributed by atoms with Crippen molar-refractivity contribution in [1.82, 2.24) is 15.5 Å². The van der Waals surface area contributed by atoms with Crippen molar-refractivity contribution in [3.63, 3.8) is 0 Å². The molecule has 0 spiro atoms. The molecular weight excluding hydrogens is 446 g/mol. The Labute approximate surface area is 207 Å². The van der Waals surface area contributed by atoms with Crippen molar-refractivity contribution in [3.8, 4) is 17.2 Å². The van der Waals surface area contributed by atoms with E-state index in [2.05, 4.69) is 10.6 Å². The molecule has 0 bridgehead atoms. The highest BCUT2D eigenvalue weighted by atomic mass is 16.5. The number of piperidine rings is 1. The van der Waals surface area contributed by atoms with Crippen LogP contribution >= 0.6 is 0 Å². The molecule has 8 heteroatoms. The summed E-state index contributed by atoms with van der Waals surface area (Å²) in [6.45, 7) is 5.25. The highest BCUT2D eigenvalue weighted by molar-refractivity contribution is 5.81. The van der Waals surface area contributed by atoms with Crippen LogP contribution in [0, 0.1) is 5.92 Å². The van der Waals surface area contributed by atoms with Crippen LogP contribution < -0.4 is 24.8 Å². The van der Waals surface area contributed by atoms with Gasteiger partial charge in [-0.25, -0.2) is 4.79 Å². The van der Waals surface area contributed by atoms with Crippen LogP contribution in [0.4, 0.5) is 4.79 Å². The Balaban J connectivity index is 1.74. The minimum absolute atomic E-state index is 0.00793. The first-order valence-corrected chi connectivity index (χ1v) is 12.0. The fraction of sp³-hybridized carbons (Fsp3) is 0.481. The molecular formula is C27H37N3O5. The smallest absolute Gasteiger partial charge is 0.317 e. The Bertz CT molecular complexity index is 1010. The number of nitrogens with zero attached hydrogens (tertiary/aromatic N) is 1. The zero-order valence-corrected chi connectivity index (χ0v) is 21.3. The maximum Gasteiger partial charge on any atom is 0.317 e. The number of methoxy groups -OCH3 is 3. The van der Waals surface area contributed by atoms with Gasteiger partial charge in [0.15, 0.2) is 11.5 Å². The summed E-state index contributed by atoms with van der Waals surface area (Å²) >= 11 is 0. The zero-order chi connectivity index (χ0) is 25.4. The minimum atomic E-state index is -0.322. The molecule has 1 aliphatic heterocycles. The zero-order valence-electron chi connectivity index (χ0n) is 21.3. The van der Waals surface area contributed by atoms with Crippen molar-refractivity contribution in [2.45, 2.75) is 38.6 Å². The van der Waals surface area contributed by atoms with Crippen LogP contribution in [0.3, 0.4) is 0 Å². The van der Waals surface area contributed by atoms with Crippen LogP contribution in [-0.2, 0) is 11.2 Å². The third-order valence-electron chi connectivity index (χ3n) is 6.29. The van der Waals surface area contributed by atoms with Crippen LogP contribution in [-0.4, -0.2) is 63.8 Å². The van der Waals surface area contributed by atoms with Crippen molar-refractivity contribution >= 4 is 11.9 Å². The largest absolute Gasteiger partial charge is 0.496 e. The average molecular weight is 484 g/mol. The lowest BCUT2D eigenvalue weighted by molar-refractivity contribution is -0.126. The molecule has 2 aromatic carbocycles. The van der Waals surface area contributed by atoms with Crippen molar-refractivity contribution < 1.29 is 23.8 Å². The number of likely N-dealkylation sites (tertiary alicyclic amines) is 1. The number of hydrogen-bond acceptors (Lipinski definition) is 5. The van der Waals surface area contributed by atoms with Crippen molar-refractivity contribution in [1.29, 1.82) is 0 Å². The molecule has 0 aromatic heterocycles. The molecule has 1 fully saturated rings. The van der Waals surface area contributed by atoms with Crippen molar-refractivity contribution in [2.75, 3.05) is 41.0 Å². The van der Waals surface area contributed by atoms with Crippen molar-refractivity contribution in [3.05, 3.63) is 53.6 Å². The van der Waals surface area contributed by atoms with Gasteiger partial charge in [0.25, 0.3) is 0 Å². The van der Waals surface area contributed by atoms with Gasteiger partial charge in [0.1, 0.15) is 5.75 Å². The molecule has 1 aliphatic rings. The van der Waals surface area contributed by atoms with E-state index < -0.39 is 0 Å². The number of para-hydroxylation sites is 1. The quantitative estimate of drug-likeness (QED) is 0.569. The van der Waals surface area contributed by atoms with Crippen LogP contribution in [0.1, 0.15) is 37.3 Å². The summed E-state index contributed by atoms with van der Waals surface area (Å²) in [4.78, 5) is 27.8. The summed E-state index contributed by atoms with van der Waals surface area (Å²) in [5.74, 6) is 1.71. The average Bonchev–Trinajstić information content (AvgIpc) is 2.87. The summed E-state index contributed by atoms with van der Waals surface area (Å²) in [6.07, 6.45) is 1.31. The van der Waals surface area contributed by atoms with Crippen LogP contribution in [0.5, 0.6) is 17.2 Å². The number of urea groups is 1. The Morgan fingerprint density at radius 2 is 1.69 bits per heavy atom. The predicted molar refractivity (Wildman–Crippen MR) is 135 cm³/mol. The third kappa shape index (κ3) is 6.81. The molecule has 3 amide bonds. The monoisotopic (exact) mass is 483 g/mol. The number of benzene rings is 2. The van der Waals surface area contributed by atoms with Gasteiger partial charge in [0.2, 0.25) is 5.91 Å². The summed E-state index contributed by atoms with van der Waals surface area (Å²) < 4.78 is 16.2. The molecule has 0 saturated carbocycles. The summed E-state index contributed by atoms with van der Waals surface area (Å²) in [6, 6.07) is 13.4. The SMILES string of the molecule is COc1ccccc1CCNC(=O)[C@@H]1C[C@H](c2ccc(OC)c(OC)c2)CN(C(=O)NC(C)C)C1.